The molecular formula is C24H29FN4O2. The third kappa shape index (κ3) is 4.92. The van der Waals surface area contributed by atoms with Crippen molar-refractivity contribution in [2.24, 2.45) is 5.92 Å². The number of hydrogen-bond acceptors (Lipinski definition) is 4. The Balaban J connectivity index is 1.36. The van der Waals surface area contributed by atoms with Crippen LogP contribution in [0.2, 0.25) is 0 Å². The van der Waals surface area contributed by atoms with E-state index < -0.39 is 0 Å². The van der Waals surface area contributed by atoms with E-state index in [0.29, 0.717) is 13.1 Å². The Kier molecular flexibility index (Phi) is 6.30. The molecule has 0 bridgehead atoms. The maximum absolute atomic E-state index is 13.0. The third-order valence-electron chi connectivity index (χ3n) is 6.50. The summed E-state index contributed by atoms with van der Waals surface area (Å²) in [6.45, 7) is 5.63. The minimum absolute atomic E-state index is 0.120. The molecule has 2 heterocycles. The van der Waals surface area contributed by atoms with E-state index in [9.17, 15) is 14.0 Å². The van der Waals surface area contributed by atoms with Gasteiger partial charge in [-0.1, -0.05) is 18.6 Å². The van der Waals surface area contributed by atoms with E-state index in [1.54, 1.807) is 12.1 Å². The van der Waals surface area contributed by atoms with E-state index in [1.165, 1.54) is 12.1 Å². The summed E-state index contributed by atoms with van der Waals surface area (Å²) >= 11 is 0. The van der Waals surface area contributed by atoms with Gasteiger partial charge in [0.2, 0.25) is 11.8 Å². The Bertz CT molecular complexity index is 949. The molecule has 2 aliphatic rings. The molecular weight excluding hydrogens is 395 g/mol. The molecule has 1 N–H and O–H groups in total. The van der Waals surface area contributed by atoms with E-state index in [-0.39, 0.29) is 35.9 Å². The molecule has 1 aromatic carbocycles. The first-order valence-electron chi connectivity index (χ1n) is 11.0. The van der Waals surface area contributed by atoms with Crippen molar-refractivity contribution in [1.29, 1.82) is 0 Å². The smallest absolute Gasteiger partial charge is 0.225 e. The molecule has 1 aliphatic heterocycles. The SMILES string of the molecule is Cc1nc([C@@H]2CCN(C(=O)C3CCC3)C2)nc(C)c1CC(=O)NCc1ccc(F)cc1. The standard InChI is InChI=1S/C24H29FN4O2/c1-15-21(12-22(30)26-13-17-6-8-20(25)9-7-17)16(2)28-23(27-15)19-10-11-29(14-19)24(31)18-4-3-5-18/h6-9,18-19H,3-5,10-14H2,1-2H3,(H,26,30)/t19-/m1/s1. The number of aryl methyl sites for hydroxylation is 2. The van der Waals surface area contributed by atoms with Crippen LogP contribution in [-0.2, 0) is 22.6 Å². The highest BCUT2D eigenvalue weighted by molar-refractivity contribution is 5.80. The van der Waals surface area contributed by atoms with Gasteiger partial charge in [0.15, 0.2) is 0 Å². The highest BCUT2D eigenvalue weighted by atomic mass is 19.1. The molecule has 1 aliphatic carbocycles. The summed E-state index contributed by atoms with van der Waals surface area (Å²) < 4.78 is 13.0. The molecule has 4 rings (SSSR count). The minimum Gasteiger partial charge on any atom is -0.352 e. The zero-order valence-electron chi connectivity index (χ0n) is 18.2. The maximum Gasteiger partial charge on any atom is 0.225 e. The van der Waals surface area contributed by atoms with Gasteiger partial charge in [-0.3, -0.25) is 9.59 Å². The van der Waals surface area contributed by atoms with Gasteiger partial charge < -0.3 is 10.2 Å². The molecule has 0 unspecified atom stereocenters. The van der Waals surface area contributed by atoms with E-state index in [4.69, 9.17) is 9.97 Å². The van der Waals surface area contributed by atoms with Crippen LogP contribution in [0.3, 0.4) is 0 Å². The van der Waals surface area contributed by atoms with Gasteiger partial charge in [-0.25, -0.2) is 14.4 Å². The van der Waals surface area contributed by atoms with Gasteiger partial charge in [-0.15, -0.1) is 0 Å². The molecule has 1 atom stereocenters. The van der Waals surface area contributed by atoms with Gasteiger partial charge in [-0.2, -0.15) is 0 Å². The predicted octanol–water partition coefficient (Wildman–Crippen LogP) is 3.21. The van der Waals surface area contributed by atoms with Crippen LogP contribution in [0.5, 0.6) is 0 Å². The van der Waals surface area contributed by atoms with Crippen LogP contribution in [0.25, 0.3) is 0 Å². The van der Waals surface area contributed by atoms with Crippen LogP contribution < -0.4 is 5.32 Å². The Hall–Kier alpha value is -2.83. The maximum atomic E-state index is 13.0. The molecule has 0 spiro atoms. The van der Waals surface area contributed by atoms with Crippen LogP contribution >= 0.6 is 0 Å². The second-order valence-corrected chi connectivity index (χ2v) is 8.71. The van der Waals surface area contributed by atoms with Crippen LogP contribution in [0.4, 0.5) is 4.39 Å². The molecule has 7 heteroatoms. The molecule has 2 fully saturated rings. The van der Waals surface area contributed by atoms with Crippen molar-refractivity contribution < 1.29 is 14.0 Å². The molecule has 164 valence electrons. The predicted molar refractivity (Wildman–Crippen MR) is 115 cm³/mol. The highest BCUT2D eigenvalue weighted by Gasteiger charge is 2.35. The van der Waals surface area contributed by atoms with Gasteiger partial charge in [-0.05, 0) is 50.8 Å². The Morgan fingerprint density at radius 1 is 1.10 bits per heavy atom. The molecule has 1 saturated heterocycles. The van der Waals surface area contributed by atoms with Crippen molar-refractivity contribution in [3.05, 3.63) is 58.4 Å². The van der Waals surface area contributed by atoms with Crippen molar-refractivity contribution in [3.63, 3.8) is 0 Å². The molecule has 6 nitrogen and oxygen atoms in total. The quantitative estimate of drug-likeness (QED) is 0.773. The van der Waals surface area contributed by atoms with E-state index in [0.717, 1.165) is 60.6 Å². The Morgan fingerprint density at radius 2 is 1.77 bits per heavy atom. The number of benzene rings is 1. The van der Waals surface area contributed by atoms with Crippen LogP contribution in [0, 0.1) is 25.6 Å². The fourth-order valence-electron chi connectivity index (χ4n) is 4.31. The number of nitrogens with one attached hydrogen (secondary N) is 1. The summed E-state index contributed by atoms with van der Waals surface area (Å²) in [6.07, 6.45) is 4.29. The summed E-state index contributed by atoms with van der Waals surface area (Å²) in [5.41, 5.74) is 3.30. The first-order chi connectivity index (χ1) is 14.9. The summed E-state index contributed by atoms with van der Waals surface area (Å²) in [6, 6.07) is 6.08. The summed E-state index contributed by atoms with van der Waals surface area (Å²) in [4.78, 5) is 36.3. The summed E-state index contributed by atoms with van der Waals surface area (Å²) in [5.74, 6) is 1.02. The molecule has 2 aromatic rings. The number of nitrogens with zero attached hydrogens (tertiary/aromatic N) is 3. The fraction of sp³-hybridized carbons (Fsp3) is 0.500. The number of hydrogen-bond donors (Lipinski definition) is 1. The highest BCUT2D eigenvalue weighted by Crippen LogP contribution is 2.32. The zero-order valence-corrected chi connectivity index (χ0v) is 18.2. The Labute approximate surface area is 182 Å². The first-order valence-corrected chi connectivity index (χ1v) is 11.0. The molecule has 1 saturated carbocycles. The number of carbonyl (C=O) groups is 2. The minimum atomic E-state index is -0.295. The monoisotopic (exact) mass is 424 g/mol. The largest absolute Gasteiger partial charge is 0.352 e. The summed E-state index contributed by atoms with van der Waals surface area (Å²) in [7, 11) is 0. The number of halogens is 1. The van der Waals surface area contributed by atoms with Crippen molar-refractivity contribution in [3.8, 4) is 0 Å². The van der Waals surface area contributed by atoms with E-state index >= 15 is 0 Å². The number of aromatic nitrogens is 2. The first kappa shape index (κ1) is 21.4. The third-order valence-corrected chi connectivity index (χ3v) is 6.50. The number of amides is 2. The van der Waals surface area contributed by atoms with Gasteiger partial charge in [0.05, 0.1) is 6.42 Å². The van der Waals surface area contributed by atoms with Crippen LogP contribution in [0.1, 0.15) is 59.9 Å². The van der Waals surface area contributed by atoms with Crippen molar-refractivity contribution in [2.75, 3.05) is 13.1 Å². The van der Waals surface area contributed by atoms with Gasteiger partial charge in [0.25, 0.3) is 0 Å². The average molecular weight is 425 g/mol. The van der Waals surface area contributed by atoms with Gasteiger partial charge >= 0.3 is 0 Å². The zero-order chi connectivity index (χ0) is 22.0. The van der Waals surface area contributed by atoms with E-state index in [2.05, 4.69) is 5.32 Å². The molecule has 2 amide bonds. The topological polar surface area (TPSA) is 75.2 Å². The van der Waals surface area contributed by atoms with Crippen molar-refractivity contribution in [2.45, 2.75) is 58.4 Å². The fourth-order valence-corrected chi connectivity index (χ4v) is 4.31. The molecule has 31 heavy (non-hydrogen) atoms. The average Bonchev–Trinajstić information content (AvgIpc) is 3.19. The van der Waals surface area contributed by atoms with Crippen molar-refractivity contribution in [1.82, 2.24) is 20.2 Å². The lowest BCUT2D eigenvalue weighted by Crippen LogP contribution is -2.37. The lowest BCUT2D eigenvalue weighted by atomic mass is 9.84. The number of rotatable bonds is 6. The lowest BCUT2D eigenvalue weighted by molar-refractivity contribution is -0.137. The second-order valence-electron chi connectivity index (χ2n) is 8.71. The van der Waals surface area contributed by atoms with Crippen LogP contribution in [0.15, 0.2) is 24.3 Å². The molecule has 0 radical (unpaired) electrons. The second kappa shape index (κ2) is 9.12. The van der Waals surface area contributed by atoms with E-state index in [1.807, 2.05) is 18.7 Å². The molecule has 1 aromatic heterocycles. The van der Waals surface area contributed by atoms with Crippen molar-refractivity contribution >= 4 is 11.8 Å². The summed E-state index contributed by atoms with van der Waals surface area (Å²) in [5, 5.41) is 2.87. The Morgan fingerprint density at radius 3 is 2.39 bits per heavy atom. The van der Waals surface area contributed by atoms with Gasteiger partial charge in [0, 0.05) is 48.4 Å². The lowest BCUT2D eigenvalue weighted by Gasteiger charge is -2.29. The van der Waals surface area contributed by atoms with Crippen LogP contribution in [-0.4, -0.2) is 39.8 Å². The normalized spacial score (nSPS) is 18.7. The number of likely N-dealkylation sites (tertiary alicyclic amines) is 1. The number of carbonyl (C=O) groups excluding carboxylic acids is 2. The van der Waals surface area contributed by atoms with Gasteiger partial charge in [0.1, 0.15) is 11.6 Å².